The van der Waals surface area contributed by atoms with Crippen molar-refractivity contribution in [3.05, 3.63) is 10.5 Å². The smallest absolute Gasteiger partial charge is 0.261 e. The van der Waals surface area contributed by atoms with Crippen molar-refractivity contribution in [1.29, 1.82) is 0 Å². The lowest BCUT2D eigenvalue weighted by atomic mass is 10.0. The van der Waals surface area contributed by atoms with Gasteiger partial charge < -0.3 is 4.90 Å². The molecule has 1 saturated heterocycles. The van der Waals surface area contributed by atoms with Crippen molar-refractivity contribution in [2.45, 2.75) is 40.5 Å². The van der Waals surface area contributed by atoms with E-state index in [2.05, 4.69) is 28.7 Å². The van der Waals surface area contributed by atoms with Crippen LogP contribution in [0.2, 0.25) is 0 Å². The van der Waals surface area contributed by atoms with Crippen molar-refractivity contribution in [3.63, 3.8) is 0 Å². The molecule has 0 aliphatic carbocycles. The van der Waals surface area contributed by atoms with Gasteiger partial charge in [-0.25, -0.2) is 4.99 Å². The van der Waals surface area contributed by atoms with Crippen LogP contribution in [0.25, 0.3) is 0 Å². The van der Waals surface area contributed by atoms with Gasteiger partial charge in [-0.1, -0.05) is 25.6 Å². The maximum atomic E-state index is 12.5. The highest BCUT2D eigenvalue weighted by atomic mass is 32.2. The summed E-state index contributed by atoms with van der Waals surface area (Å²) in [5, 5.41) is 0.873. The fourth-order valence-corrected chi connectivity index (χ4v) is 4.84. The molecule has 0 N–H and O–H groups in total. The summed E-state index contributed by atoms with van der Waals surface area (Å²) in [6.07, 6.45) is 1.80. The molecule has 1 unspecified atom stereocenters. The van der Waals surface area contributed by atoms with Crippen molar-refractivity contribution in [2.24, 2.45) is 21.8 Å². The molecule has 3 rings (SSSR count). The summed E-state index contributed by atoms with van der Waals surface area (Å²) in [7, 11) is 0. The molecular weight excluding hydrogens is 348 g/mol. The fraction of sp³-hybridized carbons (Fsp3) is 0.684. The normalized spacial score (nSPS) is 24.1. The summed E-state index contributed by atoms with van der Waals surface area (Å²) in [6, 6.07) is 0. The lowest BCUT2D eigenvalue weighted by Gasteiger charge is -2.36. The van der Waals surface area contributed by atoms with Crippen LogP contribution in [0.4, 0.5) is 0 Å². The average Bonchev–Trinajstić information content (AvgIpc) is 2.91. The Hall–Kier alpha value is -1.47. The summed E-state index contributed by atoms with van der Waals surface area (Å²) in [4.78, 5) is 39.1. The molecule has 0 radical (unpaired) electrons. The number of carbonyl (C=O) groups excluding carboxylic acids is 2. The van der Waals surface area contributed by atoms with Crippen molar-refractivity contribution >= 4 is 34.5 Å². The minimum atomic E-state index is -0.252. The van der Waals surface area contributed by atoms with Gasteiger partial charge in [-0.05, 0) is 37.2 Å². The summed E-state index contributed by atoms with van der Waals surface area (Å²) in [5.74, 6) is 0.689. The van der Waals surface area contributed by atoms with Crippen molar-refractivity contribution in [3.8, 4) is 0 Å². The van der Waals surface area contributed by atoms with Crippen molar-refractivity contribution in [2.75, 3.05) is 32.7 Å². The molecule has 0 saturated carbocycles. The Labute approximate surface area is 159 Å². The number of amidine groups is 1. The third-order valence-electron chi connectivity index (χ3n) is 5.60. The zero-order valence-electron chi connectivity index (χ0n) is 16.1. The first-order valence-electron chi connectivity index (χ1n) is 9.50. The number of rotatable bonds is 5. The minimum Gasteiger partial charge on any atom is -0.340 e. The first-order valence-corrected chi connectivity index (χ1v) is 10.3. The van der Waals surface area contributed by atoms with Crippen LogP contribution < -0.4 is 0 Å². The quantitative estimate of drug-likeness (QED) is 0.740. The van der Waals surface area contributed by atoms with Crippen LogP contribution in [0.3, 0.4) is 0 Å². The Bertz CT molecular complexity index is 686. The number of hydrogen-bond donors (Lipinski definition) is 0. The van der Waals surface area contributed by atoms with E-state index in [9.17, 15) is 9.59 Å². The average molecular weight is 377 g/mol. The topological polar surface area (TPSA) is 65.3 Å². The molecule has 3 aliphatic heterocycles. The minimum absolute atomic E-state index is 0.0885. The van der Waals surface area contributed by atoms with E-state index < -0.39 is 0 Å². The van der Waals surface area contributed by atoms with Gasteiger partial charge in [0.1, 0.15) is 11.8 Å². The van der Waals surface area contributed by atoms with Crippen LogP contribution in [-0.2, 0) is 9.59 Å². The monoisotopic (exact) mass is 376 g/mol. The van der Waals surface area contributed by atoms with Gasteiger partial charge >= 0.3 is 0 Å². The number of fused-ring (bicyclic) bond motifs is 1. The van der Waals surface area contributed by atoms with E-state index in [-0.39, 0.29) is 23.7 Å². The molecule has 1 atom stereocenters. The Kier molecular flexibility index (Phi) is 5.97. The Morgan fingerprint density at radius 1 is 1.15 bits per heavy atom. The summed E-state index contributed by atoms with van der Waals surface area (Å²) in [6.45, 7) is 11.8. The largest absolute Gasteiger partial charge is 0.340 e. The van der Waals surface area contributed by atoms with Crippen LogP contribution in [-0.4, -0.2) is 65.2 Å². The maximum Gasteiger partial charge on any atom is 0.261 e. The molecule has 1 fully saturated rings. The highest BCUT2D eigenvalue weighted by Crippen LogP contribution is 2.39. The number of nitrogens with zero attached hydrogens (tertiary/aromatic N) is 4. The van der Waals surface area contributed by atoms with Crippen LogP contribution in [0, 0.1) is 11.8 Å². The molecule has 3 aliphatic rings. The van der Waals surface area contributed by atoms with Gasteiger partial charge in [-0.15, -0.1) is 0 Å². The Balaban J connectivity index is 1.56. The Morgan fingerprint density at radius 2 is 1.81 bits per heavy atom. The molecular formula is C19H28N4O2S. The van der Waals surface area contributed by atoms with Gasteiger partial charge in [0.05, 0.1) is 11.6 Å². The zero-order valence-corrected chi connectivity index (χ0v) is 16.9. The van der Waals surface area contributed by atoms with Gasteiger partial charge in [-0.3, -0.25) is 14.5 Å². The number of carbonyl (C=O) groups is 2. The molecule has 3 heterocycles. The van der Waals surface area contributed by atoms with Gasteiger partial charge in [0.2, 0.25) is 5.91 Å². The van der Waals surface area contributed by atoms with E-state index in [1.807, 2.05) is 18.7 Å². The molecule has 0 aromatic heterocycles. The fourth-order valence-electron chi connectivity index (χ4n) is 3.70. The highest BCUT2D eigenvalue weighted by Gasteiger charge is 2.37. The van der Waals surface area contributed by atoms with E-state index >= 15 is 0 Å². The predicted molar refractivity (Wildman–Crippen MR) is 106 cm³/mol. The van der Waals surface area contributed by atoms with E-state index in [0.29, 0.717) is 12.4 Å². The van der Waals surface area contributed by atoms with Crippen LogP contribution in [0.15, 0.2) is 20.5 Å². The third-order valence-corrected chi connectivity index (χ3v) is 6.77. The summed E-state index contributed by atoms with van der Waals surface area (Å²) in [5.41, 5.74) is 1.08. The van der Waals surface area contributed by atoms with Crippen LogP contribution >= 0.6 is 11.8 Å². The standard InChI is InChI=1S/C19H28N4O2S/c1-5-14(6-2)19(25)23-9-7-22(8-10-23)11-15-20-17(24)16-12(3)13(4)26-18(16)21-15/h14,16H,5-11H2,1-4H3. The van der Waals surface area contributed by atoms with Crippen LogP contribution in [0.5, 0.6) is 0 Å². The second kappa shape index (κ2) is 8.05. The molecule has 0 aromatic rings. The number of amides is 2. The highest BCUT2D eigenvalue weighted by molar-refractivity contribution is 8.17. The maximum absolute atomic E-state index is 12.5. The zero-order chi connectivity index (χ0) is 18.8. The lowest BCUT2D eigenvalue weighted by molar-refractivity contribution is -0.137. The molecule has 6 nitrogen and oxygen atoms in total. The number of piperazine rings is 1. The van der Waals surface area contributed by atoms with Gasteiger partial charge in [-0.2, -0.15) is 4.99 Å². The first kappa shape index (κ1) is 19.3. The molecule has 7 heteroatoms. The first-order chi connectivity index (χ1) is 12.4. The number of thioether (sulfide) groups is 1. The van der Waals surface area contributed by atoms with Crippen LogP contribution in [0.1, 0.15) is 40.5 Å². The van der Waals surface area contributed by atoms with Gasteiger partial charge in [0.15, 0.2) is 0 Å². The van der Waals surface area contributed by atoms with Crippen molar-refractivity contribution in [1.82, 2.24) is 9.80 Å². The SMILES string of the molecule is CCC(CC)C(=O)N1CCN(CC2=NC(=O)C3C(=N2)SC(C)=C3C)CC1. The second-order valence-corrected chi connectivity index (χ2v) is 8.44. The molecule has 26 heavy (non-hydrogen) atoms. The van der Waals surface area contributed by atoms with E-state index in [1.165, 1.54) is 0 Å². The van der Waals surface area contributed by atoms with Gasteiger partial charge in [0.25, 0.3) is 5.91 Å². The van der Waals surface area contributed by atoms with E-state index in [0.717, 1.165) is 54.5 Å². The lowest BCUT2D eigenvalue weighted by Crippen LogP contribution is -2.51. The van der Waals surface area contributed by atoms with E-state index in [1.54, 1.807) is 11.8 Å². The van der Waals surface area contributed by atoms with E-state index in [4.69, 9.17) is 0 Å². The molecule has 0 bridgehead atoms. The van der Waals surface area contributed by atoms with Gasteiger partial charge in [0, 0.05) is 32.1 Å². The third kappa shape index (κ3) is 3.78. The summed E-state index contributed by atoms with van der Waals surface area (Å²) < 4.78 is 0. The predicted octanol–water partition coefficient (Wildman–Crippen LogP) is 2.56. The Morgan fingerprint density at radius 3 is 2.42 bits per heavy atom. The number of aliphatic imine (C=N–C) groups is 2. The molecule has 0 spiro atoms. The number of hydrogen-bond acceptors (Lipinski definition) is 5. The van der Waals surface area contributed by atoms with Crippen molar-refractivity contribution < 1.29 is 9.59 Å². The number of allylic oxidation sites excluding steroid dienone is 1. The molecule has 0 aromatic carbocycles. The molecule has 142 valence electrons. The molecule has 2 amide bonds. The second-order valence-electron chi connectivity index (χ2n) is 7.21. The summed E-state index contributed by atoms with van der Waals surface area (Å²) >= 11 is 1.60.